The molecule has 4 heterocycles. The maximum absolute atomic E-state index is 12.4. The molecule has 0 aliphatic carbocycles. The fraction of sp³-hybridized carbons (Fsp3) is 0.500. The Kier molecular flexibility index (Phi) is 3.31. The van der Waals surface area contributed by atoms with Crippen molar-refractivity contribution in [1.29, 1.82) is 0 Å². The van der Waals surface area contributed by atoms with Crippen LogP contribution in [-0.2, 0) is 18.4 Å². The van der Waals surface area contributed by atoms with Gasteiger partial charge in [-0.05, 0) is 24.4 Å². The van der Waals surface area contributed by atoms with E-state index in [0.29, 0.717) is 6.42 Å². The molecule has 0 bridgehead atoms. The zero-order valence-corrected chi connectivity index (χ0v) is 13.6. The van der Waals surface area contributed by atoms with Gasteiger partial charge in [0.2, 0.25) is 5.91 Å². The van der Waals surface area contributed by atoms with Crippen LogP contribution in [0, 0.1) is 5.41 Å². The Morgan fingerprint density at radius 2 is 2.32 bits per heavy atom. The molecule has 1 unspecified atom stereocenters. The second-order valence-corrected chi connectivity index (χ2v) is 7.33. The van der Waals surface area contributed by atoms with Crippen LogP contribution in [0.25, 0.3) is 0 Å². The number of thiophene rings is 1. The number of imidazole rings is 1. The first kappa shape index (κ1) is 14.0. The lowest BCUT2D eigenvalue weighted by Crippen LogP contribution is -2.31. The van der Waals surface area contributed by atoms with E-state index >= 15 is 0 Å². The van der Waals surface area contributed by atoms with Crippen LogP contribution in [0.2, 0.25) is 0 Å². The fourth-order valence-corrected chi connectivity index (χ4v) is 4.37. The van der Waals surface area contributed by atoms with Gasteiger partial charge in [-0.2, -0.15) is 11.3 Å². The maximum atomic E-state index is 12.4. The highest BCUT2D eigenvalue weighted by atomic mass is 32.1. The van der Waals surface area contributed by atoms with E-state index in [0.717, 1.165) is 44.1 Å². The summed E-state index contributed by atoms with van der Waals surface area (Å²) in [6.07, 6.45) is 5.61. The molecule has 4 rings (SSSR count). The quantitative estimate of drug-likeness (QED) is 0.871. The second kappa shape index (κ2) is 5.21. The van der Waals surface area contributed by atoms with Crippen LogP contribution < -0.4 is 4.90 Å². The Morgan fingerprint density at radius 3 is 3.05 bits per heavy atom. The van der Waals surface area contributed by atoms with Crippen LogP contribution in [0.15, 0.2) is 29.2 Å². The van der Waals surface area contributed by atoms with Crippen LogP contribution in [0.5, 0.6) is 0 Å². The summed E-state index contributed by atoms with van der Waals surface area (Å²) in [5, 5.41) is 4.10. The standard InChI is InChI=1S/C16H20N4OS/c1-18-6-4-17-14(18)9-19-5-3-16(11-19)8-15(21)20(12-16)13-2-7-22-10-13/h2,4,6-7,10H,3,5,8-9,11-12H2,1H3. The lowest BCUT2D eigenvalue weighted by Gasteiger charge is -2.23. The van der Waals surface area contributed by atoms with E-state index in [1.54, 1.807) is 11.3 Å². The number of hydrogen-bond acceptors (Lipinski definition) is 4. The predicted molar refractivity (Wildman–Crippen MR) is 86.8 cm³/mol. The van der Waals surface area contributed by atoms with Crippen LogP contribution in [-0.4, -0.2) is 40.0 Å². The molecule has 0 radical (unpaired) electrons. The van der Waals surface area contributed by atoms with E-state index in [-0.39, 0.29) is 11.3 Å². The average molecular weight is 316 g/mol. The Morgan fingerprint density at radius 1 is 1.41 bits per heavy atom. The van der Waals surface area contributed by atoms with Crippen LogP contribution >= 0.6 is 11.3 Å². The number of anilines is 1. The average Bonchev–Trinajstić information content (AvgIpc) is 3.23. The highest BCUT2D eigenvalue weighted by molar-refractivity contribution is 7.08. The first-order valence-corrected chi connectivity index (χ1v) is 8.61. The van der Waals surface area contributed by atoms with Crippen molar-refractivity contribution in [3.8, 4) is 0 Å². The van der Waals surface area contributed by atoms with Crippen molar-refractivity contribution in [2.24, 2.45) is 12.5 Å². The summed E-state index contributed by atoms with van der Waals surface area (Å²) in [7, 11) is 2.03. The highest BCUT2D eigenvalue weighted by Crippen LogP contribution is 2.42. The monoisotopic (exact) mass is 316 g/mol. The van der Waals surface area contributed by atoms with Gasteiger partial charge < -0.3 is 9.47 Å². The minimum absolute atomic E-state index is 0.129. The van der Waals surface area contributed by atoms with Crippen molar-refractivity contribution in [1.82, 2.24) is 14.5 Å². The van der Waals surface area contributed by atoms with Crippen molar-refractivity contribution in [2.45, 2.75) is 19.4 Å². The molecule has 5 nitrogen and oxygen atoms in total. The van der Waals surface area contributed by atoms with Gasteiger partial charge in [0.1, 0.15) is 5.82 Å². The van der Waals surface area contributed by atoms with Gasteiger partial charge in [0.25, 0.3) is 0 Å². The van der Waals surface area contributed by atoms with E-state index in [9.17, 15) is 4.79 Å². The molecule has 6 heteroatoms. The topological polar surface area (TPSA) is 41.4 Å². The van der Waals surface area contributed by atoms with Crippen molar-refractivity contribution < 1.29 is 4.79 Å². The molecule has 2 aromatic heterocycles. The first-order chi connectivity index (χ1) is 10.7. The Labute approximate surface area is 134 Å². The summed E-state index contributed by atoms with van der Waals surface area (Å²) in [6, 6.07) is 2.04. The molecule has 2 fully saturated rings. The Hall–Kier alpha value is -1.66. The number of amides is 1. The van der Waals surface area contributed by atoms with Crippen molar-refractivity contribution in [3.63, 3.8) is 0 Å². The summed E-state index contributed by atoms with van der Waals surface area (Å²) in [5.74, 6) is 1.37. The minimum atomic E-state index is 0.129. The van der Waals surface area contributed by atoms with Gasteiger partial charge in [-0.15, -0.1) is 0 Å². The number of hydrogen-bond donors (Lipinski definition) is 0. The maximum Gasteiger partial charge on any atom is 0.227 e. The van der Waals surface area contributed by atoms with Gasteiger partial charge in [-0.1, -0.05) is 0 Å². The SMILES string of the molecule is Cn1ccnc1CN1CCC2(CC(=O)N(c3ccsc3)C2)C1. The Balaban J connectivity index is 1.46. The van der Waals surface area contributed by atoms with Crippen molar-refractivity contribution in [3.05, 3.63) is 35.0 Å². The fourth-order valence-electron chi connectivity index (χ4n) is 3.73. The molecule has 2 aliphatic heterocycles. The number of aromatic nitrogens is 2. The minimum Gasteiger partial charge on any atom is -0.337 e. The van der Waals surface area contributed by atoms with Gasteiger partial charge in [-0.3, -0.25) is 9.69 Å². The number of nitrogens with zero attached hydrogens (tertiary/aromatic N) is 4. The normalized spacial score (nSPS) is 25.7. The van der Waals surface area contributed by atoms with Gasteiger partial charge >= 0.3 is 0 Å². The molecule has 0 aromatic carbocycles. The molecule has 2 saturated heterocycles. The van der Waals surface area contributed by atoms with Gasteiger partial charge in [0.15, 0.2) is 0 Å². The van der Waals surface area contributed by atoms with E-state index in [2.05, 4.69) is 19.8 Å². The molecule has 116 valence electrons. The number of carbonyl (C=O) groups is 1. The van der Waals surface area contributed by atoms with E-state index < -0.39 is 0 Å². The molecule has 2 aliphatic rings. The highest BCUT2D eigenvalue weighted by Gasteiger charge is 2.47. The molecule has 0 N–H and O–H groups in total. The molecule has 1 spiro atoms. The first-order valence-electron chi connectivity index (χ1n) is 7.66. The molecule has 22 heavy (non-hydrogen) atoms. The second-order valence-electron chi connectivity index (χ2n) is 6.55. The van der Waals surface area contributed by atoms with E-state index in [4.69, 9.17) is 0 Å². The summed E-state index contributed by atoms with van der Waals surface area (Å²) in [5.41, 5.74) is 1.19. The number of aryl methyl sites for hydroxylation is 1. The molecule has 0 saturated carbocycles. The van der Waals surface area contributed by atoms with Gasteiger partial charge in [-0.25, -0.2) is 4.98 Å². The molecule has 1 amide bonds. The molecule has 1 atom stereocenters. The summed E-state index contributed by atoms with van der Waals surface area (Å²) in [4.78, 5) is 21.2. The number of rotatable bonds is 3. The van der Waals surface area contributed by atoms with Crippen molar-refractivity contribution in [2.75, 3.05) is 24.5 Å². The zero-order chi connectivity index (χ0) is 15.2. The van der Waals surface area contributed by atoms with E-state index in [1.807, 2.05) is 35.8 Å². The van der Waals surface area contributed by atoms with Gasteiger partial charge in [0, 0.05) is 49.7 Å². The number of likely N-dealkylation sites (tertiary alicyclic amines) is 1. The summed E-state index contributed by atoms with van der Waals surface area (Å²) >= 11 is 1.65. The van der Waals surface area contributed by atoms with E-state index in [1.165, 1.54) is 0 Å². The third kappa shape index (κ3) is 2.36. The smallest absolute Gasteiger partial charge is 0.227 e. The summed E-state index contributed by atoms with van der Waals surface area (Å²) in [6.45, 7) is 3.78. The third-order valence-corrected chi connectivity index (χ3v) is 5.61. The molecule has 2 aromatic rings. The lowest BCUT2D eigenvalue weighted by atomic mass is 9.86. The Bertz CT molecular complexity index is 680. The predicted octanol–water partition coefficient (Wildman–Crippen LogP) is 2.11. The van der Waals surface area contributed by atoms with Crippen LogP contribution in [0.3, 0.4) is 0 Å². The van der Waals surface area contributed by atoms with Crippen LogP contribution in [0.4, 0.5) is 5.69 Å². The summed E-state index contributed by atoms with van der Waals surface area (Å²) < 4.78 is 2.07. The van der Waals surface area contributed by atoms with Crippen molar-refractivity contribution >= 4 is 22.9 Å². The zero-order valence-electron chi connectivity index (χ0n) is 12.7. The molecular weight excluding hydrogens is 296 g/mol. The third-order valence-electron chi connectivity index (χ3n) is 4.94. The van der Waals surface area contributed by atoms with Gasteiger partial charge in [0.05, 0.1) is 12.2 Å². The number of carbonyl (C=O) groups excluding carboxylic acids is 1. The lowest BCUT2D eigenvalue weighted by molar-refractivity contribution is -0.117. The van der Waals surface area contributed by atoms with Crippen LogP contribution in [0.1, 0.15) is 18.7 Å². The largest absolute Gasteiger partial charge is 0.337 e. The molecular formula is C16H20N4OS.